The number of carbonyl (C=O) groups is 1. The molecule has 7 heteroatoms. The lowest BCUT2D eigenvalue weighted by Gasteiger charge is -2.10. The van der Waals surface area contributed by atoms with E-state index in [0.717, 1.165) is 0 Å². The highest BCUT2D eigenvalue weighted by Crippen LogP contribution is 2.25. The van der Waals surface area contributed by atoms with Gasteiger partial charge in [0.1, 0.15) is 11.7 Å². The molecule has 0 aliphatic carbocycles. The number of ether oxygens (including phenoxy) is 2. The first-order valence-corrected chi connectivity index (χ1v) is 6.10. The van der Waals surface area contributed by atoms with E-state index in [4.69, 9.17) is 9.47 Å². The van der Waals surface area contributed by atoms with Crippen molar-refractivity contribution in [3.8, 4) is 0 Å². The maximum atomic E-state index is 11.8. The van der Waals surface area contributed by atoms with E-state index in [1.165, 1.54) is 12.1 Å². The Morgan fingerprint density at radius 1 is 1.56 bits per heavy atom. The zero-order chi connectivity index (χ0) is 13.1. The van der Waals surface area contributed by atoms with Crippen LogP contribution < -0.4 is 0 Å². The van der Waals surface area contributed by atoms with Gasteiger partial charge in [-0.3, -0.25) is 10.1 Å². The highest BCUT2D eigenvalue weighted by Gasteiger charge is 2.26. The molecule has 2 rings (SSSR count). The van der Waals surface area contributed by atoms with Gasteiger partial charge in [-0.15, -0.1) is 0 Å². The second-order valence-electron chi connectivity index (χ2n) is 3.81. The zero-order valence-corrected chi connectivity index (χ0v) is 10.9. The molecular weight excluding hydrogens is 306 g/mol. The molecule has 0 spiro atoms. The van der Waals surface area contributed by atoms with E-state index in [0.29, 0.717) is 24.1 Å². The van der Waals surface area contributed by atoms with Crippen molar-refractivity contribution in [3.63, 3.8) is 0 Å². The fourth-order valence-electron chi connectivity index (χ4n) is 1.65. The highest BCUT2D eigenvalue weighted by molar-refractivity contribution is 9.10. The lowest BCUT2D eigenvalue weighted by atomic mass is 10.2. The number of nitro benzene ring substituents is 1. The average Bonchev–Trinajstić information content (AvgIpc) is 2.81. The van der Waals surface area contributed by atoms with Gasteiger partial charge in [-0.05, 0) is 12.1 Å². The summed E-state index contributed by atoms with van der Waals surface area (Å²) < 4.78 is 10.8. The summed E-state index contributed by atoms with van der Waals surface area (Å²) in [6.45, 7) is 0.885. The van der Waals surface area contributed by atoms with Crippen LogP contribution in [0.1, 0.15) is 16.8 Å². The number of nitrogens with zero attached hydrogens (tertiary/aromatic N) is 1. The number of carbonyl (C=O) groups excluding carboxylic acids is 1. The highest BCUT2D eigenvalue weighted by atomic mass is 79.9. The average molecular weight is 316 g/mol. The molecule has 0 amide bonds. The van der Waals surface area contributed by atoms with Crippen molar-refractivity contribution in [3.05, 3.63) is 38.3 Å². The molecule has 96 valence electrons. The molecule has 0 radical (unpaired) electrons. The van der Waals surface area contributed by atoms with Crippen LogP contribution in [0, 0.1) is 10.1 Å². The number of esters is 1. The van der Waals surface area contributed by atoms with Crippen LogP contribution in [0.25, 0.3) is 0 Å². The Bertz CT molecular complexity index is 484. The minimum atomic E-state index is -0.690. The van der Waals surface area contributed by atoms with Crippen LogP contribution in [0.4, 0.5) is 5.69 Å². The minimum absolute atomic E-state index is 0.0462. The largest absolute Gasteiger partial charge is 0.456 e. The van der Waals surface area contributed by atoms with Gasteiger partial charge >= 0.3 is 5.97 Å². The van der Waals surface area contributed by atoms with Crippen LogP contribution in [0.2, 0.25) is 0 Å². The van der Waals surface area contributed by atoms with Gasteiger partial charge in [0.15, 0.2) is 0 Å². The van der Waals surface area contributed by atoms with Crippen molar-refractivity contribution in [2.45, 2.75) is 12.5 Å². The minimum Gasteiger partial charge on any atom is -0.456 e. The quantitative estimate of drug-likeness (QED) is 0.486. The molecule has 0 N–H and O–H groups in total. The third-order valence-electron chi connectivity index (χ3n) is 2.54. The number of halogens is 1. The molecule has 1 atom stereocenters. The normalized spacial score (nSPS) is 18.6. The van der Waals surface area contributed by atoms with E-state index in [1.54, 1.807) is 6.07 Å². The Hall–Kier alpha value is -1.47. The molecule has 1 aromatic carbocycles. The first-order chi connectivity index (χ1) is 8.58. The van der Waals surface area contributed by atoms with Crippen molar-refractivity contribution >= 4 is 27.6 Å². The number of rotatable bonds is 3. The first kappa shape index (κ1) is 13.0. The summed E-state index contributed by atoms with van der Waals surface area (Å²) >= 11 is 3.13. The van der Waals surface area contributed by atoms with Crippen molar-refractivity contribution in [2.75, 3.05) is 13.2 Å². The van der Waals surface area contributed by atoms with Gasteiger partial charge in [-0.25, -0.2) is 4.79 Å². The van der Waals surface area contributed by atoms with Gasteiger partial charge in [-0.2, -0.15) is 0 Å². The molecule has 1 aliphatic rings. The fraction of sp³-hybridized carbons (Fsp3) is 0.364. The van der Waals surface area contributed by atoms with Crippen molar-refractivity contribution in [1.82, 2.24) is 0 Å². The molecule has 0 saturated carbocycles. The van der Waals surface area contributed by atoms with Crippen molar-refractivity contribution < 1.29 is 19.2 Å². The van der Waals surface area contributed by atoms with Crippen LogP contribution >= 0.6 is 15.9 Å². The van der Waals surface area contributed by atoms with E-state index in [-0.39, 0.29) is 17.4 Å². The van der Waals surface area contributed by atoms with Gasteiger partial charge in [0.05, 0.1) is 18.1 Å². The summed E-state index contributed by atoms with van der Waals surface area (Å²) in [6.07, 6.45) is 0.302. The van der Waals surface area contributed by atoms with Crippen LogP contribution in [-0.2, 0) is 9.47 Å². The van der Waals surface area contributed by atoms with Gasteiger partial charge in [0.2, 0.25) is 0 Å². The Morgan fingerprint density at radius 2 is 2.33 bits per heavy atom. The van der Waals surface area contributed by atoms with E-state index >= 15 is 0 Å². The summed E-state index contributed by atoms with van der Waals surface area (Å²) in [7, 11) is 0. The van der Waals surface area contributed by atoms with Crippen molar-refractivity contribution in [1.29, 1.82) is 0 Å². The molecule has 0 bridgehead atoms. The lowest BCUT2D eigenvalue weighted by molar-refractivity contribution is -0.385. The van der Waals surface area contributed by atoms with Gasteiger partial charge < -0.3 is 9.47 Å². The van der Waals surface area contributed by atoms with Gasteiger partial charge in [0, 0.05) is 17.0 Å². The number of benzene rings is 1. The van der Waals surface area contributed by atoms with Crippen LogP contribution in [0.3, 0.4) is 0 Å². The van der Waals surface area contributed by atoms with Gasteiger partial charge in [-0.1, -0.05) is 15.9 Å². The molecular formula is C11H10BrNO5. The van der Waals surface area contributed by atoms with Crippen LogP contribution in [0.5, 0.6) is 0 Å². The first-order valence-electron chi connectivity index (χ1n) is 5.30. The maximum Gasteiger partial charge on any atom is 0.345 e. The summed E-state index contributed by atoms with van der Waals surface area (Å²) in [5, 5.41) is 10.9. The predicted octanol–water partition coefficient (Wildman–Crippen LogP) is 2.30. The lowest BCUT2D eigenvalue weighted by Crippen LogP contribution is -2.18. The predicted molar refractivity (Wildman–Crippen MR) is 65.4 cm³/mol. The molecule has 6 nitrogen and oxygen atoms in total. The maximum absolute atomic E-state index is 11.8. The van der Waals surface area contributed by atoms with E-state index < -0.39 is 10.9 Å². The molecule has 0 unspecified atom stereocenters. The summed E-state index contributed by atoms with van der Waals surface area (Å²) in [6, 6.07) is 4.22. The Kier molecular flexibility index (Phi) is 3.93. The van der Waals surface area contributed by atoms with E-state index in [2.05, 4.69) is 15.9 Å². The number of nitro groups is 1. The van der Waals surface area contributed by atoms with Crippen molar-refractivity contribution in [2.24, 2.45) is 0 Å². The molecule has 1 saturated heterocycles. The van der Waals surface area contributed by atoms with Crippen LogP contribution in [0.15, 0.2) is 22.7 Å². The standard InChI is InChI=1S/C11H10BrNO5/c12-7-1-2-9(10(5-7)13(15)16)11(14)18-8-3-4-17-6-8/h1-2,5,8H,3-4,6H2/t8-/m0/s1. The summed E-state index contributed by atoms with van der Waals surface area (Å²) in [5.74, 6) is -0.690. The Morgan fingerprint density at radius 3 is 2.94 bits per heavy atom. The molecule has 1 aromatic rings. The molecule has 1 heterocycles. The van der Waals surface area contributed by atoms with E-state index in [9.17, 15) is 14.9 Å². The smallest absolute Gasteiger partial charge is 0.345 e. The number of hydrogen-bond donors (Lipinski definition) is 0. The third kappa shape index (κ3) is 2.85. The topological polar surface area (TPSA) is 78.7 Å². The van der Waals surface area contributed by atoms with Crippen LogP contribution in [-0.4, -0.2) is 30.2 Å². The van der Waals surface area contributed by atoms with Gasteiger partial charge in [0.25, 0.3) is 5.69 Å². The second kappa shape index (κ2) is 5.45. The fourth-order valence-corrected chi connectivity index (χ4v) is 2.00. The Labute approximate surface area is 111 Å². The number of hydrogen-bond acceptors (Lipinski definition) is 5. The second-order valence-corrected chi connectivity index (χ2v) is 4.73. The SMILES string of the molecule is O=C(O[C@H]1CCOC1)c1ccc(Br)cc1[N+](=O)[O-]. The molecule has 18 heavy (non-hydrogen) atoms. The monoisotopic (exact) mass is 315 g/mol. The van der Waals surface area contributed by atoms with E-state index in [1.807, 2.05) is 0 Å². The molecule has 1 fully saturated rings. The third-order valence-corrected chi connectivity index (χ3v) is 3.03. The summed E-state index contributed by atoms with van der Waals surface area (Å²) in [4.78, 5) is 22.1. The molecule has 0 aromatic heterocycles. The Balaban J connectivity index is 2.20. The summed E-state index contributed by atoms with van der Waals surface area (Å²) in [5.41, 5.74) is -0.316. The zero-order valence-electron chi connectivity index (χ0n) is 9.30. The molecule has 1 aliphatic heterocycles.